The first kappa shape index (κ1) is 23.0. The first-order valence-corrected chi connectivity index (χ1v) is 11.4. The van der Waals surface area contributed by atoms with E-state index in [4.69, 9.17) is 0 Å². The van der Waals surface area contributed by atoms with Gasteiger partial charge in [-0.05, 0) is 55.7 Å². The highest BCUT2D eigenvalue weighted by Gasteiger charge is 2.23. The zero-order valence-electron chi connectivity index (χ0n) is 19.2. The fourth-order valence-electron chi connectivity index (χ4n) is 4.03. The molecule has 1 aliphatic heterocycles. The predicted octanol–water partition coefficient (Wildman–Crippen LogP) is 4.89. The third-order valence-electron chi connectivity index (χ3n) is 6.10. The zero-order valence-corrected chi connectivity index (χ0v) is 19.2. The van der Waals surface area contributed by atoms with Crippen molar-refractivity contribution in [2.24, 2.45) is 5.92 Å². The Morgan fingerprint density at radius 2 is 1.61 bits per heavy atom. The number of nitrogens with zero attached hydrogens (tertiary/aromatic N) is 2. The van der Waals surface area contributed by atoms with E-state index in [1.54, 1.807) is 0 Å². The third kappa shape index (κ3) is 5.95. The van der Waals surface area contributed by atoms with Gasteiger partial charge < -0.3 is 10.2 Å². The summed E-state index contributed by atoms with van der Waals surface area (Å²) in [4.78, 5) is 29.6. The van der Waals surface area contributed by atoms with Gasteiger partial charge in [-0.15, -0.1) is 0 Å². The zero-order chi connectivity index (χ0) is 22.4. The lowest BCUT2D eigenvalue weighted by atomic mass is 10.0. The van der Waals surface area contributed by atoms with Crippen molar-refractivity contribution in [1.29, 1.82) is 0 Å². The molecule has 1 heterocycles. The van der Waals surface area contributed by atoms with E-state index in [2.05, 4.69) is 31.0 Å². The van der Waals surface area contributed by atoms with Crippen LogP contribution in [0.3, 0.4) is 0 Å². The number of hydrogen-bond donors (Lipinski definition) is 1. The molecule has 2 aromatic carbocycles. The van der Waals surface area contributed by atoms with Crippen LogP contribution in [0.1, 0.15) is 50.9 Å². The minimum absolute atomic E-state index is 0.00905. The SMILES string of the molecule is CCCC(C)C(=O)Nc1ccc(-c2cccc(C(=O)N3CCN(C(C)C)CC3)c2)cc1. The smallest absolute Gasteiger partial charge is 0.253 e. The van der Waals surface area contributed by atoms with E-state index in [1.165, 1.54) is 0 Å². The summed E-state index contributed by atoms with van der Waals surface area (Å²) < 4.78 is 0. The Labute approximate surface area is 186 Å². The lowest BCUT2D eigenvalue weighted by Crippen LogP contribution is -2.50. The van der Waals surface area contributed by atoms with Crippen molar-refractivity contribution in [3.63, 3.8) is 0 Å². The second-order valence-electron chi connectivity index (χ2n) is 8.76. The number of hydrogen-bond acceptors (Lipinski definition) is 3. The van der Waals surface area contributed by atoms with Crippen LogP contribution in [0.5, 0.6) is 0 Å². The molecular weight excluding hydrogens is 386 g/mol. The largest absolute Gasteiger partial charge is 0.336 e. The molecule has 1 fully saturated rings. The summed E-state index contributed by atoms with van der Waals surface area (Å²) >= 11 is 0. The normalized spacial score (nSPS) is 15.7. The number of benzene rings is 2. The van der Waals surface area contributed by atoms with Gasteiger partial charge in [-0.25, -0.2) is 0 Å². The molecule has 1 aliphatic rings. The molecule has 1 saturated heterocycles. The quantitative estimate of drug-likeness (QED) is 0.692. The summed E-state index contributed by atoms with van der Waals surface area (Å²) in [6, 6.07) is 16.2. The number of anilines is 1. The highest BCUT2D eigenvalue weighted by Crippen LogP contribution is 2.24. The summed E-state index contributed by atoms with van der Waals surface area (Å²) in [6.07, 6.45) is 1.88. The van der Waals surface area contributed by atoms with Crippen LogP contribution < -0.4 is 5.32 Å². The minimum atomic E-state index is 0.00905. The Morgan fingerprint density at radius 3 is 2.23 bits per heavy atom. The average Bonchev–Trinajstić information content (AvgIpc) is 2.79. The van der Waals surface area contributed by atoms with Crippen molar-refractivity contribution >= 4 is 17.5 Å². The van der Waals surface area contributed by atoms with E-state index in [1.807, 2.05) is 60.4 Å². The first-order valence-electron chi connectivity index (χ1n) is 11.4. The van der Waals surface area contributed by atoms with Crippen LogP contribution in [-0.2, 0) is 4.79 Å². The number of carbonyl (C=O) groups excluding carboxylic acids is 2. The second kappa shape index (κ2) is 10.6. The molecule has 5 nitrogen and oxygen atoms in total. The molecule has 0 aromatic heterocycles. The molecule has 1 unspecified atom stereocenters. The Kier molecular flexibility index (Phi) is 7.85. The van der Waals surface area contributed by atoms with E-state index < -0.39 is 0 Å². The Balaban J connectivity index is 1.66. The first-order chi connectivity index (χ1) is 14.9. The van der Waals surface area contributed by atoms with E-state index in [-0.39, 0.29) is 17.7 Å². The van der Waals surface area contributed by atoms with Crippen LogP contribution >= 0.6 is 0 Å². The van der Waals surface area contributed by atoms with E-state index in [0.29, 0.717) is 6.04 Å². The highest BCUT2D eigenvalue weighted by molar-refractivity contribution is 5.96. The monoisotopic (exact) mass is 421 g/mol. The van der Waals surface area contributed by atoms with Crippen molar-refractivity contribution in [3.8, 4) is 11.1 Å². The summed E-state index contributed by atoms with van der Waals surface area (Å²) in [5, 5.41) is 2.99. The maximum absolute atomic E-state index is 13.0. The van der Waals surface area contributed by atoms with Crippen molar-refractivity contribution < 1.29 is 9.59 Å². The topological polar surface area (TPSA) is 52.7 Å². The van der Waals surface area contributed by atoms with Crippen molar-refractivity contribution in [1.82, 2.24) is 9.80 Å². The molecule has 1 N–H and O–H groups in total. The molecule has 2 amide bonds. The summed E-state index contributed by atoms with van der Waals surface area (Å²) in [5.41, 5.74) is 3.55. The van der Waals surface area contributed by atoms with Gasteiger partial charge in [0.2, 0.25) is 5.91 Å². The Bertz CT molecular complexity index is 884. The maximum Gasteiger partial charge on any atom is 0.253 e. The van der Waals surface area contributed by atoms with Crippen LogP contribution in [-0.4, -0.2) is 53.8 Å². The minimum Gasteiger partial charge on any atom is -0.336 e. The molecule has 0 bridgehead atoms. The fourth-order valence-corrected chi connectivity index (χ4v) is 4.03. The fraction of sp³-hybridized carbons (Fsp3) is 0.462. The van der Waals surface area contributed by atoms with Crippen LogP contribution in [0.2, 0.25) is 0 Å². The molecule has 166 valence electrons. The van der Waals surface area contributed by atoms with Crippen LogP contribution in [0.15, 0.2) is 48.5 Å². The lowest BCUT2D eigenvalue weighted by molar-refractivity contribution is -0.119. The number of carbonyl (C=O) groups is 2. The van der Waals surface area contributed by atoms with Crippen molar-refractivity contribution in [2.75, 3.05) is 31.5 Å². The molecule has 0 aliphatic carbocycles. The van der Waals surface area contributed by atoms with Gasteiger partial charge in [0.15, 0.2) is 0 Å². The lowest BCUT2D eigenvalue weighted by Gasteiger charge is -2.37. The molecule has 5 heteroatoms. The molecule has 0 radical (unpaired) electrons. The molecule has 0 spiro atoms. The average molecular weight is 422 g/mol. The van der Waals surface area contributed by atoms with Gasteiger partial charge in [0.25, 0.3) is 5.91 Å². The number of amides is 2. The van der Waals surface area contributed by atoms with Crippen molar-refractivity contribution in [3.05, 3.63) is 54.1 Å². The number of rotatable bonds is 7. The number of piperazine rings is 1. The van der Waals surface area contributed by atoms with Gasteiger partial charge in [0.1, 0.15) is 0 Å². The Morgan fingerprint density at radius 1 is 0.935 bits per heavy atom. The van der Waals surface area contributed by atoms with Gasteiger partial charge in [0.05, 0.1) is 0 Å². The van der Waals surface area contributed by atoms with E-state index >= 15 is 0 Å². The van der Waals surface area contributed by atoms with Crippen LogP contribution in [0, 0.1) is 5.92 Å². The second-order valence-corrected chi connectivity index (χ2v) is 8.76. The highest BCUT2D eigenvalue weighted by atomic mass is 16.2. The maximum atomic E-state index is 13.0. The van der Waals surface area contributed by atoms with Crippen molar-refractivity contribution in [2.45, 2.75) is 46.6 Å². The third-order valence-corrected chi connectivity index (χ3v) is 6.10. The standard InChI is InChI=1S/C26H35N3O2/c1-5-7-20(4)25(30)27-24-12-10-21(11-13-24)22-8-6-9-23(18-22)26(31)29-16-14-28(15-17-29)19(2)3/h6,8-13,18-20H,5,7,14-17H2,1-4H3,(H,27,30). The van der Waals surface area contributed by atoms with Crippen LogP contribution in [0.4, 0.5) is 5.69 Å². The van der Waals surface area contributed by atoms with Gasteiger partial charge in [-0.1, -0.05) is 44.5 Å². The van der Waals surface area contributed by atoms with Gasteiger partial charge in [-0.2, -0.15) is 0 Å². The summed E-state index contributed by atoms with van der Waals surface area (Å²) in [7, 11) is 0. The van der Waals surface area contributed by atoms with Gasteiger partial charge >= 0.3 is 0 Å². The molecule has 31 heavy (non-hydrogen) atoms. The summed E-state index contributed by atoms with van der Waals surface area (Å²) in [5.74, 6) is 0.161. The molecule has 0 saturated carbocycles. The molecule has 3 rings (SSSR count). The van der Waals surface area contributed by atoms with Crippen LogP contribution in [0.25, 0.3) is 11.1 Å². The molecular formula is C26H35N3O2. The molecule has 1 atom stereocenters. The predicted molar refractivity (Wildman–Crippen MR) is 127 cm³/mol. The van der Waals surface area contributed by atoms with E-state index in [0.717, 1.165) is 61.4 Å². The van der Waals surface area contributed by atoms with Gasteiger partial charge in [-0.3, -0.25) is 14.5 Å². The number of nitrogens with one attached hydrogen (secondary N) is 1. The Hall–Kier alpha value is -2.66. The van der Waals surface area contributed by atoms with Gasteiger partial charge in [0, 0.05) is 49.4 Å². The van der Waals surface area contributed by atoms with E-state index in [9.17, 15) is 9.59 Å². The summed E-state index contributed by atoms with van der Waals surface area (Å²) in [6.45, 7) is 11.8. The molecule has 2 aromatic rings.